The highest BCUT2D eigenvalue weighted by Gasteiger charge is 2.12. The first-order valence-corrected chi connectivity index (χ1v) is 7.48. The Kier molecular flexibility index (Phi) is 4.28. The molecule has 5 nitrogen and oxygen atoms in total. The van der Waals surface area contributed by atoms with E-state index in [-0.39, 0.29) is 11.7 Å². The fraction of sp³-hybridized carbons (Fsp3) is 0.222. The predicted molar refractivity (Wildman–Crippen MR) is 88.9 cm³/mol. The summed E-state index contributed by atoms with van der Waals surface area (Å²) in [6.07, 6.45) is 1.33. The highest BCUT2D eigenvalue weighted by molar-refractivity contribution is 5.85. The minimum absolute atomic E-state index is 0.0535. The second kappa shape index (κ2) is 6.52. The Morgan fingerprint density at radius 2 is 1.96 bits per heavy atom. The van der Waals surface area contributed by atoms with Gasteiger partial charge in [-0.15, -0.1) is 0 Å². The number of benzene rings is 2. The summed E-state index contributed by atoms with van der Waals surface area (Å²) in [5, 5.41) is 0.438. The molecule has 0 saturated carbocycles. The monoisotopic (exact) mass is 310 g/mol. The van der Waals surface area contributed by atoms with Crippen molar-refractivity contribution in [1.29, 1.82) is 0 Å². The smallest absolute Gasteiger partial charge is 0.262 e. The number of rotatable bonds is 5. The van der Waals surface area contributed by atoms with Crippen molar-refractivity contribution >= 4 is 10.9 Å². The number of aromatic amines is 1. The number of nitrogens with zero attached hydrogens (tertiary/aromatic N) is 1. The normalized spacial score (nSPS) is 10.9. The largest absolute Gasteiger partial charge is 0.490 e. The van der Waals surface area contributed by atoms with Gasteiger partial charge in [0.05, 0.1) is 17.9 Å². The molecule has 2 aromatic carbocycles. The van der Waals surface area contributed by atoms with Crippen LogP contribution in [0.5, 0.6) is 11.5 Å². The molecule has 0 atom stereocenters. The average molecular weight is 310 g/mol. The molecule has 0 fully saturated rings. The summed E-state index contributed by atoms with van der Waals surface area (Å²) in [6.45, 7) is 4.26. The lowest BCUT2D eigenvalue weighted by atomic mass is 10.2. The van der Waals surface area contributed by atoms with Crippen LogP contribution in [-0.4, -0.2) is 16.1 Å². The first kappa shape index (κ1) is 15.1. The van der Waals surface area contributed by atoms with Gasteiger partial charge in [0.1, 0.15) is 23.5 Å². The maximum Gasteiger partial charge on any atom is 0.262 e. The second-order valence-corrected chi connectivity index (χ2v) is 5.49. The fourth-order valence-corrected chi connectivity index (χ4v) is 2.31. The third kappa shape index (κ3) is 3.51. The van der Waals surface area contributed by atoms with Gasteiger partial charge in [0, 0.05) is 12.1 Å². The van der Waals surface area contributed by atoms with E-state index in [1.54, 1.807) is 12.1 Å². The van der Waals surface area contributed by atoms with Gasteiger partial charge in [-0.3, -0.25) is 4.79 Å². The lowest BCUT2D eigenvalue weighted by Gasteiger charge is -2.14. The van der Waals surface area contributed by atoms with E-state index in [1.165, 1.54) is 6.33 Å². The summed E-state index contributed by atoms with van der Waals surface area (Å²) in [5.74, 6) is 1.10. The van der Waals surface area contributed by atoms with Gasteiger partial charge in [0.2, 0.25) is 0 Å². The molecule has 0 aliphatic heterocycles. The van der Waals surface area contributed by atoms with E-state index in [0.29, 0.717) is 29.0 Å². The zero-order chi connectivity index (χ0) is 16.2. The fourth-order valence-electron chi connectivity index (χ4n) is 2.31. The molecule has 0 unspecified atom stereocenters. The van der Waals surface area contributed by atoms with Gasteiger partial charge in [-0.25, -0.2) is 4.98 Å². The van der Waals surface area contributed by atoms with Crippen LogP contribution in [-0.2, 0) is 6.61 Å². The van der Waals surface area contributed by atoms with Crippen LogP contribution in [0.25, 0.3) is 10.9 Å². The van der Waals surface area contributed by atoms with Crippen molar-refractivity contribution < 1.29 is 9.47 Å². The molecule has 0 amide bonds. The Balaban J connectivity index is 1.96. The van der Waals surface area contributed by atoms with Crippen molar-refractivity contribution in [1.82, 2.24) is 9.97 Å². The molecular formula is C18H18N2O3. The molecule has 23 heavy (non-hydrogen) atoms. The van der Waals surface area contributed by atoms with Gasteiger partial charge in [0.25, 0.3) is 5.56 Å². The van der Waals surface area contributed by atoms with Gasteiger partial charge in [-0.1, -0.05) is 30.3 Å². The number of fused-ring (bicyclic) bond motifs is 1. The van der Waals surface area contributed by atoms with E-state index < -0.39 is 0 Å². The number of nitrogens with one attached hydrogen (secondary N) is 1. The lowest BCUT2D eigenvalue weighted by Crippen LogP contribution is -2.12. The third-order valence-corrected chi connectivity index (χ3v) is 3.29. The number of ether oxygens (including phenoxy) is 2. The molecule has 0 aliphatic carbocycles. The van der Waals surface area contributed by atoms with Gasteiger partial charge in [-0.2, -0.15) is 0 Å². The van der Waals surface area contributed by atoms with Crippen molar-refractivity contribution in [3.8, 4) is 11.5 Å². The van der Waals surface area contributed by atoms with Crippen LogP contribution in [0, 0.1) is 0 Å². The molecule has 3 aromatic rings. The van der Waals surface area contributed by atoms with Crippen molar-refractivity contribution in [3.63, 3.8) is 0 Å². The standard InChI is InChI=1S/C18H18N2O3/c1-12(2)23-16-9-14(22-10-13-6-4-3-5-7-13)8-15-17(16)18(21)20-11-19-15/h3-9,11-12H,10H2,1-2H3,(H,19,20,21). The number of hydrogen-bond acceptors (Lipinski definition) is 4. The maximum absolute atomic E-state index is 12.1. The Morgan fingerprint density at radius 1 is 1.17 bits per heavy atom. The summed E-state index contributed by atoms with van der Waals surface area (Å²) in [4.78, 5) is 18.8. The molecule has 1 aromatic heterocycles. The summed E-state index contributed by atoms with van der Waals surface area (Å²) >= 11 is 0. The van der Waals surface area contributed by atoms with Gasteiger partial charge < -0.3 is 14.5 Å². The van der Waals surface area contributed by atoms with Crippen LogP contribution in [0.15, 0.2) is 53.6 Å². The zero-order valence-electron chi connectivity index (χ0n) is 13.1. The van der Waals surface area contributed by atoms with Gasteiger partial charge >= 0.3 is 0 Å². The Morgan fingerprint density at radius 3 is 2.70 bits per heavy atom. The number of H-pyrrole nitrogens is 1. The molecule has 0 radical (unpaired) electrons. The Bertz CT molecular complexity index is 857. The highest BCUT2D eigenvalue weighted by Crippen LogP contribution is 2.29. The van der Waals surface area contributed by atoms with Gasteiger partial charge in [-0.05, 0) is 19.4 Å². The topological polar surface area (TPSA) is 64.2 Å². The van der Waals surface area contributed by atoms with Crippen molar-refractivity contribution in [2.45, 2.75) is 26.6 Å². The summed E-state index contributed by atoms with van der Waals surface area (Å²) in [6, 6.07) is 13.4. The lowest BCUT2D eigenvalue weighted by molar-refractivity contribution is 0.242. The van der Waals surface area contributed by atoms with E-state index in [4.69, 9.17) is 9.47 Å². The van der Waals surface area contributed by atoms with Crippen molar-refractivity contribution in [2.75, 3.05) is 0 Å². The minimum atomic E-state index is -0.222. The maximum atomic E-state index is 12.1. The predicted octanol–water partition coefficient (Wildman–Crippen LogP) is 3.29. The van der Waals surface area contributed by atoms with Crippen LogP contribution in [0.2, 0.25) is 0 Å². The molecule has 1 N–H and O–H groups in total. The quantitative estimate of drug-likeness (QED) is 0.785. The summed E-state index contributed by atoms with van der Waals surface area (Å²) in [5.41, 5.74) is 1.40. The van der Waals surface area contributed by atoms with Crippen molar-refractivity contribution in [2.24, 2.45) is 0 Å². The molecule has 1 heterocycles. The number of hydrogen-bond donors (Lipinski definition) is 1. The zero-order valence-corrected chi connectivity index (χ0v) is 13.1. The van der Waals surface area contributed by atoms with Crippen molar-refractivity contribution in [3.05, 3.63) is 64.7 Å². The molecule has 5 heteroatoms. The SMILES string of the molecule is CC(C)Oc1cc(OCc2ccccc2)cc2nc[nH]c(=O)c12. The van der Waals surface area contributed by atoms with Crippen LogP contribution in [0.4, 0.5) is 0 Å². The van der Waals surface area contributed by atoms with Crippen LogP contribution in [0.1, 0.15) is 19.4 Å². The average Bonchev–Trinajstić information content (AvgIpc) is 2.53. The van der Waals surface area contributed by atoms with Gasteiger partial charge in [0.15, 0.2) is 0 Å². The first-order chi connectivity index (χ1) is 11.1. The van der Waals surface area contributed by atoms with E-state index in [9.17, 15) is 4.79 Å². The molecule has 0 aliphatic rings. The highest BCUT2D eigenvalue weighted by atomic mass is 16.5. The third-order valence-electron chi connectivity index (χ3n) is 3.29. The van der Waals surface area contributed by atoms with E-state index in [1.807, 2.05) is 44.2 Å². The molecule has 3 rings (SSSR count). The van der Waals surface area contributed by atoms with E-state index in [0.717, 1.165) is 5.56 Å². The molecule has 0 saturated heterocycles. The minimum Gasteiger partial charge on any atom is -0.490 e. The molecule has 0 spiro atoms. The van der Waals surface area contributed by atoms with Crippen LogP contribution >= 0.6 is 0 Å². The van der Waals surface area contributed by atoms with Crippen LogP contribution in [0.3, 0.4) is 0 Å². The first-order valence-electron chi connectivity index (χ1n) is 7.48. The van der Waals surface area contributed by atoms with Crippen LogP contribution < -0.4 is 15.0 Å². The Labute approximate surface area is 133 Å². The summed E-state index contributed by atoms with van der Waals surface area (Å²) < 4.78 is 11.6. The molecule has 0 bridgehead atoms. The van der Waals surface area contributed by atoms with E-state index >= 15 is 0 Å². The second-order valence-electron chi connectivity index (χ2n) is 5.49. The molecular weight excluding hydrogens is 292 g/mol. The summed E-state index contributed by atoms with van der Waals surface area (Å²) in [7, 11) is 0. The Hall–Kier alpha value is -2.82. The van der Waals surface area contributed by atoms with E-state index in [2.05, 4.69) is 9.97 Å². The number of aromatic nitrogens is 2. The molecule has 118 valence electrons.